The molecule has 26 heavy (non-hydrogen) atoms. The van der Waals surface area contributed by atoms with Crippen molar-refractivity contribution in [3.05, 3.63) is 11.6 Å². The number of nitrogens with one attached hydrogen (secondary N) is 1. The molecule has 6 heteroatoms. The summed E-state index contributed by atoms with van der Waals surface area (Å²) in [5, 5.41) is 2.38. The van der Waals surface area contributed by atoms with Crippen molar-refractivity contribution in [3.63, 3.8) is 0 Å². The van der Waals surface area contributed by atoms with Crippen LogP contribution in [0.4, 0.5) is 0 Å². The van der Waals surface area contributed by atoms with E-state index in [1.807, 2.05) is 0 Å². The Hall–Kier alpha value is -1.24. The lowest BCUT2D eigenvalue weighted by molar-refractivity contribution is -0.133. The third kappa shape index (κ3) is 3.73. The maximum absolute atomic E-state index is 12.1. The highest BCUT2D eigenvalue weighted by molar-refractivity contribution is 5.94. The summed E-state index contributed by atoms with van der Waals surface area (Å²) in [5.74, 6) is -0.403. The summed E-state index contributed by atoms with van der Waals surface area (Å²) in [6.45, 7) is 8.42. The van der Waals surface area contributed by atoms with Crippen LogP contribution in [-0.4, -0.2) is 48.9 Å². The van der Waals surface area contributed by atoms with E-state index < -0.39 is 0 Å². The van der Waals surface area contributed by atoms with Crippen LogP contribution >= 0.6 is 0 Å². The number of ether oxygens (including phenoxy) is 3. The zero-order chi connectivity index (χ0) is 19.1. The van der Waals surface area contributed by atoms with Crippen molar-refractivity contribution in [2.24, 2.45) is 11.8 Å². The average Bonchev–Trinajstić information content (AvgIpc) is 3.44. The zero-order valence-electron chi connectivity index (χ0n) is 16.5. The summed E-state index contributed by atoms with van der Waals surface area (Å²) in [7, 11) is 1.70. The Morgan fingerprint density at radius 2 is 2.00 bits per heavy atom. The molecule has 1 spiro atoms. The van der Waals surface area contributed by atoms with Gasteiger partial charge in [-0.25, -0.2) is 0 Å². The molecule has 2 saturated heterocycles. The van der Waals surface area contributed by atoms with Crippen molar-refractivity contribution < 1.29 is 23.8 Å². The second-order valence-electron chi connectivity index (χ2n) is 8.45. The molecule has 2 amide bonds. The molecule has 3 aliphatic rings. The van der Waals surface area contributed by atoms with Crippen molar-refractivity contribution in [1.82, 2.24) is 5.32 Å². The van der Waals surface area contributed by atoms with Gasteiger partial charge in [-0.1, -0.05) is 11.6 Å². The van der Waals surface area contributed by atoms with Gasteiger partial charge in [0, 0.05) is 26.4 Å². The van der Waals surface area contributed by atoms with E-state index in [2.05, 4.69) is 32.2 Å². The molecular weight excluding hydrogens is 334 g/mol. The number of hydrogen-bond donors (Lipinski definition) is 1. The Bertz CT molecular complexity index is 607. The van der Waals surface area contributed by atoms with Gasteiger partial charge < -0.3 is 14.2 Å². The van der Waals surface area contributed by atoms with Gasteiger partial charge >= 0.3 is 0 Å². The minimum absolute atomic E-state index is 0.0595. The zero-order valence-corrected chi connectivity index (χ0v) is 16.5. The van der Waals surface area contributed by atoms with Gasteiger partial charge in [-0.15, -0.1) is 0 Å². The average molecular weight is 365 g/mol. The van der Waals surface area contributed by atoms with Gasteiger partial charge in [0.25, 0.3) is 0 Å². The standard InChI is InChI=1S/C20H31NO5/c1-12(2)6-7-15-19(4,26-15)18-17(24-5)14(8-9-20(18)11-25-20)10-16(23)21-13(3)22/h6,14-15,17-18H,7-11H2,1-5H3,(H,21,22,23). The van der Waals surface area contributed by atoms with E-state index in [0.717, 1.165) is 25.9 Å². The van der Waals surface area contributed by atoms with Crippen molar-refractivity contribution in [2.45, 2.75) is 76.8 Å². The van der Waals surface area contributed by atoms with Crippen LogP contribution in [0.1, 0.15) is 53.4 Å². The van der Waals surface area contributed by atoms with Crippen LogP contribution in [0.3, 0.4) is 0 Å². The molecule has 146 valence electrons. The van der Waals surface area contributed by atoms with Gasteiger partial charge in [0.1, 0.15) is 5.60 Å². The van der Waals surface area contributed by atoms with E-state index in [0.29, 0.717) is 6.42 Å². The normalized spacial score (nSPS) is 40.8. The first-order valence-electron chi connectivity index (χ1n) is 9.50. The minimum Gasteiger partial charge on any atom is -0.381 e. The minimum atomic E-state index is -0.322. The highest BCUT2D eigenvalue weighted by Crippen LogP contribution is 2.60. The van der Waals surface area contributed by atoms with E-state index in [4.69, 9.17) is 14.2 Å². The molecule has 0 radical (unpaired) electrons. The predicted molar refractivity (Wildman–Crippen MR) is 96.5 cm³/mol. The molecule has 1 saturated carbocycles. The number of imide groups is 1. The number of amides is 2. The lowest BCUT2D eigenvalue weighted by Crippen LogP contribution is -2.53. The fourth-order valence-electron chi connectivity index (χ4n) is 4.79. The second kappa shape index (κ2) is 7.06. The highest BCUT2D eigenvalue weighted by atomic mass is 16.6. The summed E-state index contributed by atoms with van der Waals surface area (Å²) in [6, 6.07) is 0. The molecule has 0 aromatic heterocycles. The van der Waals surface area contributed by atoms with Gasteiger partial charge in [0.2, 0.25) is 11.8 Å². The third-order valence-electron chi connectivity index (χ3n) is 6.18. The van der Waals surface area contributed by atoms with Crippen LogP contribution in [0.5, 0.6) is 0 Å². The lowest BCUT2D eigenvalue weighted by atomic mass is 9.65. The molecule has 3 fully saturated rings. The van der Waals surface area contributed by atoms with Gasteiger partial charge in [-0.3, -0.25) is 14.9 Å². The molecule has 3 rings (SSSR count). The molecule has 0 aromatic carbocycles. The smallest absolute Gasteiger partial charge is 0.226 e. The highest BCUT2D eigenvalue weighted by Gasteiger charge is 2.71. The topological polar surface area (TPSA) is 80.5 Å². The van der Waals surface area contributed by atoms with Crippen LogP contribution < -0.4 is 5.32 Å². The predicted octanol–water partition coefficient (Wildman–Crippen LogP) is 2.36. The first kappa shape index (κ1) is 19.5. The maximum Gasteiger partial charge on any atom is 0.226 e. The fraction of sp³-hybridized carbons (Fsp3) is 0.800. The first-order chi connectivity index (χ1) is 12.2. The fourth-order valence-corrected chi connectivity index (χ4v) is 4.79. The monoisotopic (exact) mass is 365 g/mol. The van der Waals surface area contributed by atoms with Crippen LogP contribution in [0.15, 0.2) is 11.6 Å². The van der Waals surface area contributed by atoms with Gasteiger partial charge in [-0.2, -0.15) is 0 Å². The summed E-state index contributed by atoms with van der Waals surface area (Å²) in [4.78, 5) is 23.3. The van der Waals surface area contributed by atoms with Crippen LogP contribution in [0.25, 0.3) is 0 Å². The number of allylic oxidation sites excluding steroid dienone is 1. The third-order valence-corrected chi connectivity index (χ3v) is 6.18. The van der Waals surface area contributed by atoms with Gasteiger partial charge in [0.15, 0.2) is 0 Å². The van der Waals surface area contributed by atoms with Crippen LogP contribution in [-0.2, 0) is 23.8 Å². The van der Waals surface area contributed by atoms with E-state index >= 15 is 0 Å². The molecule has 6 unspecified atom stereocenters. The molecule has 1 N–H and O–H groups in total. The Balaban J connectivity index is 1.75. The van der Waals surface area contributed by atoms with Crippen LogP contribution in [0.2, 0.25) is 0 Å². The van der Waals surface area contributed by atoms with E-state index in [-0.39, 0.29) is 47.1 Å². The Kier molecular flexibility index (Phi) is 5.30. The number of carbonyl (C=O) groups excluding carboxylic acids is 2. The van der Waals surface area contributed by atoms with E-state index in [9.17, 15) is 9.59 Å². The van der Waals surface area contributed by atoms with Gasteiger partial charge in [0.05, 0.1) is 24.4 Å². The summed E-state index contributed by atoms with van der Waals surface area (Å²) in [5.41, 5.74) is 0.813. The van der Waals surface area contributed by atoms with Gasteiger partial charge in [-0.05, 0) is 46.0 Å². The summed E-state index contributed by atoms with van der Waals surface area (Å²) < 4.78 is 18.0. The van der Waals surface area contributed by atoms with Crippen molar-refractivity contribution in [3.8, 4) is 0 Å². The molecule has 0 aromatic rings. The van der Waals surface area contributed by atoms with E-state index in [1.54, 1.807) is 7.11 Å². The van der Waals surface area contributed by atoms with Crippen molar-refractivity contribution >= 4 is 11.8 Å². The number of hydrogen-bond acceptors (Lipinski definition) is 5. The van der Waals surface area contributed by atoms with E-state index in [1.165, 1.54) is 12.5 Å². The molecule has 1 aliphatic carbocycles. The summed E-state index contributed by atoms with van der Waals surface area (Å²) >= 11 is 0. The SMILES string of the molecule is COC1C(CC(=O)NC(C)=O)CCC2(CO2)C1C1(C)OC1CC=C(C)C. The molecular formula is C20H31NO5. The Labute approximate surface area is 155 Å². The molecule has 6 atom stereocenters. The molecule has 2 heterocycles. The molecule has 2 aliphatic heterocycles. The van der Waals surface area contributed by atoms with Crippen molar-refractivity contribution in [2.75, 3.05) is 13.7 Å². The van der Waals surface area contributed by atoms with Crippen molar-refractivity contribution in [1.29, 1.82) is 0 Å². The lowest BCUT2D eigenvalue weighted by Gasteiger charge is -2.43. The molecule has 0 bridgehead atoms. The Morgan fingerprint density at radius 3 is 2.54 bits per heavy atom. The quantitative estimate of drug-likeness (QED) is 0.577. The second-order valence-corrected chi connectivity index (χ2v) is 8.45. The largest absolute Gasteiger partial charge is 0.381 e. The first-order valence-corrected chi connectivity index (χ1v) is 9.50. The number of carbonyl (C=O) groups is 2. The summed E-state index contributed by atoms with van der Waals surface area (Å²) in [6.07, 6.45) is 5.19. The molecule has 6 nitrogen and oxygen atoms in total. The number of rotatable bonds is 6. The Morgan fingerprint density at radius 1 is 1.31 bits per heavy atom. The maximum atomic E-state index is 12.1. The number of epoxide rings is 2. The number of methoxy groups -OCH3 is 1. The van der Waals surface area contributed by atoms with Crippen LogP contribution in [0, 0.1) is 11.8 Å².